The van der Waals surface area contributed by atoms with E-state index in [0.29, 0.717) is 25.2 Å². The topological polar surface area (TPSA) is 105 Å². The second-order valence-electron chi connectivity index (χ2n) is 9.29. The Morgan fingerprint density at radius 2 is 1.97 bits per heavy atom. The van der Waals surface area contributed by atoms with Gasteiger partial charge in [-0.05, 0) is 38.0 Å². The summed E-state index contributed by atoms with van der Waals surface area (Å²) in [5, 5.41) is 7.32. The molecule has 0 spiro atoms. The minimum absolute atomic E-state index is 0.0638. The number of rotatable bonds is 6. The van der Waals surface area contributed by atoms with Crippen LogP contribution in [0, 0.1) is 13.8 Å². The highest BCUT2D eigenvalue weighted by molar-refractivity contribution is 6.30. The molecule has 0 saturated carbocycles. The van der Waals surface area contributed by atoms with Gasteiger partial charge in [-0.25, -0.2) is 4.98 Å². The van der Waals surface area contributed by atoms with Gasteiger partial charge in [-0.3, -0.25) is 19.1 Å². The largest absolute Gasteiger partial charge is 0.361 e. The monoisotopic (exact) mass is 490 g/mol. The predicted octanol–water partition coefficient (Wildman–Crippen LogP) is 4.37. The Morgan fingerprint density at radius 1 is 1.20 bits per heavy atom. The van der Waals surface area contributed by atoms with E-state index in [1.54, 1.807) is 12.4 Å². The van der Waals surface area contributed by atoms with Gasteiger partial charge in [0.1, 0.15) is 6.04 Å². The molecule has 8 nitrogen and oxygen atoms in total. The molecular weight excluding hydrogens is 464 g/mol. The molecule has 0 saturated heterocycles. The van der Waals surface area contributed by atoms with Gasteiger partial charge in [-0.15, -0.1) is 0 Å². The van der Waals surface area contributed by atoms with Crippen LogP contribution in [0.15, 0.2) is 47.5 Å². The third-order valence-corrected chi connectivity index (χ3v) is 6.71. The van der Waals surface area contributed by atoms with Crippen LogP contribution in [0.1, 0.15) is 53.4 Å². The molecule has 0 bridgehead atoms. The van der Waals surface area contributed by atoms with E-state index in [1.165, 1.54) is 4.57 Å². The van der Waals surface area contributed by atoms with E-state index in [0.717, 1.165) is 33.3 Å². The van der Waals surface area contributed by atoms with Crippen LogP contribution in [0.3, 0.4) is 0 Å². The van der Waals surface area contributed by atoms with Crippen molar-refractivity contribution in [2.24, 2.45) is 0 Å². The number of pyridine rings is 1. The summed E-state index contributed by atoms with van der Waals surface area (Å²) in [6.45, 7) is 6.78. The van der Waals surface area contributed by atoms with Crippen LogP contribution in [0.5, 0.6) is 0 Å². The molecule has 4 aromatic rings. The first kappa shape index (κ1) is 23.1. The number of hydrogen-bond donors (Lipinski definition) is 3. The standard InChI is InChI=1S/C26H27ClN6O2/c1-14-6-15(2)8-17(7-14)11-29-24-26(35)33-21(9-16(3)22(33)23(27)32-24)25(34)30-13-19-10-18-12-28-5-4-20(18)31-19/h4-8,10,12,16,21,31H,9,11,13H2,1-3H3,(H,29,32)(H,30,34)/t16-,21-/m0/s1. The molecule has 0 aliphatic carbocycles. The Bertz CT molecular complexity index is 1440. The number of aromatic nitrogens is 4. The average molecular weight is 491 g/mol. The number of carbonyl (C=O) groups excluding carboxylic acids is 1. The molecule has 3 aromatic heterocycles. The summed E-state index contributed by atoms with van der Waals surface area (Å²) < 4.78 is 1.51. The van der Waals surface area contributed by atoms with E-state index < -0.39 is 6.04 Å². The summed E-state index contributed by atoms with van der Waals surface area (Å²) in [6.07, 6.45) is 3.97. The second kappa shape index (κ2) is 9.19. The molecule has 1 aliphatic heterocycles. The van der Waals surface area contributed by atoms with Crippen LogP contribution >= 0.6 is 11.6 Å². The van der Waals surface area contributed by atoms with Gasteiger partial charge in [-0.2, -0.15) is 0 Å². The average Bonchev–Trinajstić information content (AvgIpc) is 3.39. The maximum absolute atomic E-state index is 13.4. The molecule has 5 rings (SSSR count). The molecule has 3 N–H and O–H groups in total. The van der Waals surface area contributed by atoms with Gasteiger partial charge in [0.25, 0.3) is 5.56 Å². The van der Waals surface area contributed by atoms with Crippen molar-refractivity contribution >= 4 is 34.2 Å². The molecule has 0 unspecified atom stereocenters. The number of aromatic amines is 1. The fourth-order valence-electron chi connectivity index (χ4n) is 4.95. The van der Waals surface area contributed by atoms with Gasteiger partial charge in [0.15, 0.2) is 11.0 Å². The third kappa shape index (κ3) is 4.53. The number of nitrogens with zero attached hydrogens (tertiary/aromatic N) is 3. The Morgan fingerprint density at radius 3 is 2.71 bits per heavy atom. The quantitative estimate of drug-likeness (QED) is 0.372. The Balaban J connectivity index is 1.37. The maximum atomic E-state index is 13.4. The number of H-pyrrole nitrogens is 1. The van der Waals surface area contributed by atoms with Gasteiger partial charge in [0.05, 0.1) is 12.2 Å². The van der Waals surface area contributed by atoms with Gasteiger partial charge < -0.3 is 15.6 Å². The lowest BCUT2D eigenvalue weighted by atomic mass is 10.0. The molecule has 0 fully saturated rings. The van der Waals surface area contributed by atoms with Crippen molar-refractivity contribution in [2.45, 2.75) is 52.2 Å². The first-order valence-corrected chi connectivity index (χ1v) is 12.0. The molecule has 9 heteroatoms. The zero-order chi connectivity index (χ0) is 24.7. The summed E-state index contributed by atoms with van der Waals surface area (Å²) in [5.74, 6) is -0.143. The molecule has 180 valence electrons. The van der Waals surface area contributed by atoms with Crippen LogP contribution in [0.2, 0.25) is 5.15 Å². The maximum Gasteiger partial charge on any atom is 0.294 e. The zero-order valence-corrected chi connectivity index (χ0v) is 20.6. The lowest BCUT2D eigenvalue weighted by Crippen LogP contribution is -2.36. The summed E-state index contributed by atoms with van der Waals surface area (Å²) in [7, 11) is 0. The van der Waals surface area contributed by atoms with Crippen molar-refractivity contribution in [1.29, 1.82) is 0 Å². The van der Waals surface area contributed by atoms with E-state index in [-0.39, 0.29) is 28.4 Å². The number of nitrogens with one attached hydrogen (secondary N) is 3. The summed E-state index contributed by atoms with van der Waals surface area (Å²) in [5.41, 5.74) is 5.42. The Labute approximate surface area is 207 Å². The van der Waals surface area contributed by atoms with Crippen molar-refractivity contribution in [3.05, 3.63) is 86.3 Å². The van der Waals surface area contributed by atoms with Crippen molar-refractivity contribution in [2.75, 3.05) is 5.32 Å². The highest BCUT2D eigenvalue weighted by Gasteiger charge is 2.37. The van der Waals surface area contributed by atoms with Gasteiger partial charge in [-0.1, -0.05) is 47.9 Å². The number of benzene rings is 1. The molecule has 1 amide bonds. The number of hydrogen-bond acceptors (Lipinski definition) is 5. The molecule has 1 aromatic carbocycles. The zero-order valence-electron chi connectivity index (χ0n) is 19.9. The van der Waals surface area contributed by atoms with Crippen LogP contribution in [0.25, 0.3) is 10.9 Å². The van der Waals surface area contributed by atoms with Crippen LogP contribution in [-0.4, -0.2) is 25.4 Å². The molecule has 4 heterocycles. The lowest BCUT2D eigenvalue weighted by Gasteiger charge is -2.16. The number of halogens is 1. The minimum Gasteiger partial charge on any atom is -0.361 e. The molecular formula is C26H27ClN6O2. The van der Waals surface area contributed by atoms with Crippen molar-refractivity contribution in [3.8, 4) is 0 Å². The number of anilines is 1. The number of fused-ring (bicyclic) bond motifs is 2. The highest BCUT2D eigenvalue weighted by atomic mass is 35.5. The highest BCUT2D eigenvalue weighted by Crippen LogP contribution is 2.38. The summed E-state index contributed by atoms with van der Waals surface area (Å²) in [6, 6.07) is 9.41. The Kier molecular flexibility index (Phi) is 6.06. The van der Waals surface area contributed by atoms with Crippen molar-refractivity contribution in [3.63, 3.8) is 0 Å². The van der Waals surface area contributed by atoms with Gasteiger partial charge >= 0.3 is 0 Å². The fourth-order valence-corrected chi connectivity index (χ4v) is 5.31. The lowest BCUT2D eigenvalue weighted by molar-refractivity contribution is -0.124. The van der Waals surface area contributed by atoms with Crippen molar-refractivity contribution < 1.29 is 4.79 Å². The molecule has 0 radical (unpaired) electrons. The summed E-state index contributed by atoms with van der Waals surface area (Å²) in [4.78, 5) is 38.3. The fraction of sp³-hybridized carbons (Fsp3) is 0.308. The van der Waals surface area contributed by atoms with E-state index >= 15 is 0 Å². The molecule has 35 heavy (non-hydrogen) atoms. The number of carbonyl (C=O) groups is 1. The predicted molar refractivity (Wildman–Crippen MR) is 137 cm³/mol. The van der Waals surface area contributed by atoms with Gasteiger partial charge in [0, 0.05) is 41.5 Å². The van der Waals surface area contributed by atoms with Crippen LogP contribution < -0.4 is 16.2 Å². The van der Waals surface area contributed by atoms with E-state index in [2.05, 4.69) is 43.8 Å². The minimum atomic E-state index is -0.652. The van der Waals surface area contributed by atoms with E-state index in [9.17, 15) is 9.59 Å². The smallest absolute Gasteiger partial charge is 0.294 e. The first-order chi connectivity index (χ1) is 16.8. The first-order valence-electron chi connectivity index (χ1n) is 11.6. The molecule has 2 atom stereocenters. The van der Waals surface area contributed by atoms with E-state index in [1.807, 2.05) is 32.9 Å². The van der Waals surface area contributed by atoms with Crippen LogP contribution in [0.4, 0.5) is 5.82 Å². The SMILES string of the molecule is Cc1cc(C)cc(CNc2nc(Cl)c3n(c2=O)[C@H](C(=O)NCc2cc4cnccc4[nH]2)C[C@@H]3C)c1. The van der Waals surface area contributed by atoms with Gasteiger partial charge in [0.2, 0.25) is 5.91 Å². The Hall–Kier alpha value is -3.65. The number of amides is 1. The second-order valence-corrected chi connectivity index (χ2v) is 9.65. The third-order valence-electron chi connectivity index (χ3n) is 6.43. The normalized spacial score (nSPS) is 16.9. The number of aryl methyl sites for hydroxylation is 2. The van der Waals surface area contributed by atoms with Crippen LogP contribution in [-0.2, 0) is 17.9 Å². The summed E-state index contributed by atoms with van der Waals surface area (Å²) >= 11 is 6.51. The van der Waals surface area contributed by atoms with Crippen molar-refractivity contribution in [1.82, 2.24) is 24.8 Å². The molecule has 1 aliphatic rings. The van der Waals surface area contributed by atoms with E-state index in [4.69, 9.17) is 11.6 Å².